The minimum absolute atomic E-state index is 0.672. The Balaban J connectivity index is 1.11. The predicted molar refractivity (Wildman–Crippen MR) is 195 cm³/mol. The molecule has 0 amide bonds. The second kappa shape index (κ2) is 15.7. The average Bonchev–Trinajstić information content (AvgIpc) is 3.78. The number of likely N-dealkylation sites (tertiary alicyclic amines) is 1. The van der Waals surface area contributed by atoms with Gasteiger partial charge < -0.3 is 9.72 Å². The number of benzene rings is 2. The Hall–Kier alpha value is -4.81. The van der Waals surface area contributed by atoms with Crippen LogP contribution in [0, 0.1) is 5.92 Å². The molecule has 1 aliphatic heterocycles. The van der Waals surface area contributed by atoms with Crippen LogP contribution in [0.3, 0.4) is 0 Å². The summed E-state index contributed by atoms with van der Waals surface area (Å²) in [4.78, 5) is 20.1. The summed E-state index contributed by atoms with van der Waals surface area (Å²) in [6, 6.07) is 23.5. The van der Waals surface area contributed by atoms with E-state index in [1.54, 1.807) is 6.33 Å². The molecule has 3 aromatic heterocycles. The maximum atomic E-state index is 6.34. The SMILES string of the molecule is CC/C=C\C=C(/C)c1nc[nH]c1-c1ccc2ncc(-c3ccc(/C(=C/CC)OCCN4CC[C@@H](Cc5ccccc5)C4)cn3)cc2c1. The third-order valence-corrected chi connectivity index (χ3v) is 8.84. The van der Waals surface area contributed by atoms with Crippen LogP contribution < -0.4 is 0 Å². The fourth-order valence-corrected chi connectivity index (χ4v) is 6.34. The maximum absolute atomic E-state index is 6.34. The lowest BCUT2D eigenvalue weighted by Crippen LogP contribution is -2.25. The fraction of sp³-hybridized carbons (Fsp3) is 0.293. The molecule has 0 bridgehead atoms. The number of hydrogen-bond acceptors (Lipinski definition) is 5. The Morgan fingerprint density at radius 1 is 0.957 bits per heavy atom. The van der Waals surface area contributed by atoms with Gasteiger partial charge in [0.2, 0.25) is 0 Å². The average molecular weight is 624 g/mol. The first-order chi connectivity index (χ1) is 23.1. The zero-order valence-electron chi connectivity index (χ0n) is 27.8. The normalized spacial score (nSPS) is 16.0. The molecule has 0 unspecified atom stereocenters. The Morgan fingerprint density at radius 3 is 2.64 bits per heavy atom. The molecule has 47 heavy (non-hydrogen) atoms. The summed E-state index contributed by atoms with van der Waals surface area (Å²) in [6.45, 7) is 10.3. The van der Waals surface area contributed by atoms with Crippen molar-refractivity contribution >= 4 is 22.2 Å². The number of imidazole rings is 1. The van der Waals surface area contributed by atoms with E-state index in [-0.39, 0.29) is 0 Å². The number of pyridine rings is 2. The van der Waals surface area contributed by atoms with E-state index in [2.05, 4.69) is 127 Å². The molecule has 6 heteroatoms. The number of rotatable bonds is 13. The van der Waals surface area contributed by atoms with Gasteiger partial charge in [-0.3, -0.25) is 14.9 Å². The lowest BCUT2D eigenvalue weighted by Gasteiger charge is -2.18. The van der Waals surface area contributed by atoms with E-state index in [1.807, 2.05) is 12.4 Å². The summed E-state index contributed by atoms with van der Waals surface area (Å²) < 4.78 is 6.34. The monoisotopic (exact) mass is 623 g/mol. The van der Waals surface area contributed by atoms with Crippen molar-refractivity contribution in [3.8, 4) is 22.5 Å². The first-order valence-electron chi connectivity index (χ1n) is 16.9. The Morgan fingerprint density at radius 2 is 1.83 bits per heavy atom. The number of nitrogens with zero attached hydrogens (tertiary/aromatic N) is 4. The van der Waals surface area contributed by atoms with Crippen molar-refractivity contribution in [2.75, 3.05) is 26.2 Å². The van der Waals surface area contributed by atoms with E-state index in [9.17, 15) is 0 Å². The molecule has 5 aromatic rings. The van der Waals surface area contributed by atoms with Gasteiger partial charge in [-0.2, -0.15) is 0 Å². The molecule has 4 heterocycles. The largest absolute Gasteiger partial charge is 0.492 e. The van der Waals surface area contributed by atoms with Crippen LogP contribution >= 0.6 is 0 Å². The van der Waals surface area contributed by atoms with Gasteiger partial charge in [0, 0.05) is 47.6 Å². The predicted octanol–water partition coefficient (Wildman–Crippen LogP) is 9.39. The molecule has 6 rings (SSSR count). The van der Waals surface area contributed by atoms with Crippen LogP contribution in [0.25, 0.3) is 44.7 Å². The first-order valence-corrected chi connectivity index (χ1v) is 16.9. The van der Waals surface area contributed by atoms with Crippen LogP contribution in [0.1, 0.15) is 56.9 Å². The van der Waals surface area contributed by atoms with Crippen LogP contribution in [0.5, 0.6) is 0 Å². The number of fused-ring (bicyclic) bond motifs is 1. The van der Waals surface area contributed by atoms with Gasteiger partial charge in [0.1, 0.15) is 12.4 Å². The number of nitrogens with one attached hydrogen (secondary N) is 1. The number of hydrogen-bond donors (Lipinski definition) is 1. The Bertz CT molecular complexity index is 1850. The summed E-state index contributed by atoms with van der Waals surface area (Å²) in [5, 5.41) is 1.06. The number of H-pyrrole nitrogens is 1. The molecule has 0 saturated carbocycles. The van der Waals surface area contributed by atoms with Crippen molar-refractivity contribution in [2.24, 2.45) is 5.92 Å². The second-order valence-electron chi connectivity index (χ2n) is 12.3. The highest BCUT2D eigenvalue weighted by Gasteiger charge is 2.22. The molecule has 240 valence electrons. The lowest BCUT2D eigenvalue weighted by atomic mass is 9.99. The lowest BCUT2D eigenvalue weighted by molar-refractivity contribution is 0.209. The molecule has 1 saturated heterocycles. The highest BCUT2D eigenvalue weighted by atomic mass is 16.5. The molecule has 6 nitrogen and oxygen atoms in total. The number of aromatic nitrogens is 4. The van der Waals surface area contributed by atoms with E-state index in [4.69, 9.17) is 14.7 Å². The Labute approximate surface area is 279 Å². The summed E-state index contributed by atoms with van der Waals surface area (Å²) in [5.74, 6) is 1.62. The first kappa shape index (κ1) is 32.1. The maximum Gasteiger partial charge on any atom is 0.124 e. The standard InChI is InChI=1S/C41H45N5O/c1-4-6-8-12-30(3)40-41(45-29-44-40)33-15-17-37-35(24-33)25-36(27-43-37)38-18-16-34(26-42-38)39(11-5-2)47-22-21-46-20-19-32(28-46)23-31-13-9-7-10-14-31/h6-18,24-27,29,32H,4-5,19-23,28H2,1-3H3,(H,44,45)/b8-6-,30-12+,39-11-/t32-/m0/s1. The second-order valence-corrected chi connectivity index (χ2v) is 12.3. The van der Waals surface area contributed by atoms with Gasteiger partial charge in [0.15, 0.2) is 0 Å². The van der Waals surface area contributed by atoms with Crippen molar-refractivity contribution in [3.05, 3.63) is 127 Å². The summed E-state index contributed by atoms with van der Waals surface area (Å²) in [5.41, 5.74) is 9.40. The summed E-state index contributed by atoms with van der Waals surface area (Å²) >= 11 is 0. The molecule has 0 aliphatic carbocycles. The van der Waals surface area contributed by atoms with Crippen molar-refractivity contribution in [1.29, 1.82) is 0 Å². The van der Waals surface area contributed by atoms with Crippen LogP contribution in [-0.4, -0.2) is 51.1 Å². The van der Waals surface area contributed by atoms with Gasteiger partial charge in [-0.05, 0) is 92.6 Å². The molecule has 1 N–H and O–H groups in total. The van der Waals surface area contributed by atoms with E-state index >= 15 is 0 Å². The van der Waals surface area contributed by atoms with Gasteiger partial charge >= 0.3 is 0 Å². The van der Waals surface area contributed by atoms with Gasteiger partial charge in [-0.15, -0.1) is 0 Å². The molecule has 2 aromatic carbocycles. The fourth-order valence-electron chi connectivity index (χ4n) is 6.34. The molecule has 0 spiro atoms. The van der Waals surface area contributed by atoms with Crippen LogP contribution in [0.15, 0.2) is 110 Å². The van der Waals surface area contributed by atoms with Crippen molar-refractivity contribution in [2.45, 2.75) is 46.5 Å². The minimum Gasteiger partial charge on any atom is -0.492 e. The van der Waals surface area contributed by atoms with Gasteiger partial charge in [-0.1, -0.05) is 68.5 Å². The number of ether oxygens (including phenoxy) is 1. The number of aromatic amines is 1. The third kappa shape index (κ3) is 8.13. The highest BCUT2D eigenvalue weighted by molar-refractivity contribution is 5.88. The van der Waals surface area contributed by atoms with Gasteiger partial charge in [-0.25, -0.2) is 4.98 Å². The van der Waals surface area contributed by atoms with Crippen LogP contribution in [-0.2, 0) is 11.2 Å². The minimum atomic E-state index is 0.672. The molecule has 1 atom stereocenters. The van der Waals surface area contributed by atoms with E-state index < -0.39 is 0 Å². The van der Waals surface area contributed by atoms with Gasteiger partial charge in [0.25, 0.3) is 0 Å². The Kier molecular flexibility index (Phi) is 10.7. The van der Waals surface area contributed by atoms with Crippen molar-refractivity contribution in [3.63, 3.8) is 0 Å². The van der Waals surface area contributed by atoms with Crippen LogP contribution in [0.2, 0.25) is 0 Å². The molecular formula is C41H45N5O. The van der Waals surface area contributed by atoms with Crippen LogP contribution in [0.4, 0.5) is 0 Å². The molecule has 1 fully saturated rings. The van der Waals surface area contributed by atoms with E-state index in [0.29, 0.717) is 6.61 Å². The highest BCUT2D eigenvalue weighted by Crippen LogP contribution is 2.30. The van der Waals surface area contributed by atoms with Crippen molar-refractivity contribution < 1.29 is 4.74 Å². The molecule has 0 radical (unpaired) electrons. The third-order valence-electron chi connectivity index (χ3n) is 8.84. The smallest absolute Gasteiger partial charge is 0.124 e. The zero-order valence-corrected chi connectivity index (χ0v) is 27.8. The van der Waals surface area contributed by atoms with Crippen molar-refractivity contribution in [1.82, 2.24) is 24.8 Å². The zero-order chi connectivity index (χ0) is 32.4. The molecular weight excluding hydrogens is 578 g/mol. The van der Waals surface area contributed by atoms with E-state index in [1.165, 1.54) is 12.0 Å². The number of allylic oxidation sites excluding steroid dienone is 5. The molecule has 1 aliphatic rings. The van der Waals surface area contributed by atoms with E-state index in [0.717, 1.165) is 101 Å². The summed E-state index contributed by atoms with van der Waals surface area (Å²) in [6.07, 6.45) is 18.4. The van der Waals surface area contributed by atoms with Gasteiger partial charge in [0.05, 0.1) is 28.9 Å². The topological polar surface area (TPSA) is 66.9 Å². The summed E-state index contributed by atoms with van der Waals surface area (Å²) in [7, 11) is 0. The quantitative estimate of drug-likeness (QED) is 0.105.